The maximum absolute atomic E-state index is 14.2. The Morgan fingerprint density at radius 2 is 1.90 bits per heavy atom. The van der Waals surface area contributed by atoms with Gasteiger partial charge >= 0.3 is 0 Å². The second kappa shape index (κ2) is 9.01. The molecule has 2 aromatic heterocycles. The number of fused-ring (bicyclic) bond motifs is 1. The first-order chi connectivity index (χ1) is 15.0. The molecule has 0 saturated carbocycles. The second-order valence-electron chi connectivity index (χ2n) is 6.61. The van der Waals surface area contributed by atoms with Gasteiger partial charge in [-0.05, 0) is 24.3 Å². The van der Waals surface area contributed by atoms with Crippen LogP contribution in [0.3, 0.4) is 0 Å². The van der Waals surface area contributed by atoms with Crippen LogP contribution in [0.5, 0.6) is 11.5 Å². The van der Waals surface area contributed by atoms with Crippen LogP contribution in [0.15, 0.2) is 66.0 Å². The Morgan fingerprint density at radius 1 is 1.10 bits per heavy atom. The third-order valence-corrected chi connectivity index (χ3v) is 4.81. The Labute approximate surface area is 182 Å². The Balaban J connectivity index is 1.58. The summed E-state index contributed by atoms with van der Waals surface area (Å²) >= 11 is 5.82. The first-order valence-corrected chi connectivity index (χ1v) is 9.75. The standard InChI is InChI=1S/C22H18ClFN4O3/c1-30-20-11-16-19(12-21(20)31-9-8-28-6-4-15(29)5-7-28)25-13-26-22(16)27-18-3-2-14(23)10-17(18)24/h2-7,10-13H,8-9H2,1H3,(H,25,26,27). The van der Waals surface area contributed by atoms with Gasteiger partial charge in [0, 0.05) is 41.0 Å². The third kappa shape index (κ3) is 4.75. The van der Waals surface area contributed by atoms with Crippen LogP contribution in [0.4, 0.5) is 15.9 Å². The molecule has 9 heteroatoms. The van der Waals surface area contributed by atoms with Crippen LogP contribution in [0.25, 0.3) is 10.9 Å². The average Bonchev–Trinajstić information content (AvgIpc) is 2.76. The van der Waals surface area contributed by atoms with E-state index in [9.17, 15) is 9.18 Å². The fraction of sp³-hybridized carbons (Fsp3) is 0.136. The number of rotatable bonds is 7. The van der Waals surface area contributed by atoms with Crippen molar-refractivity contribution in [3.63, 3.8) is 0 Å². The van der Waals surface area contributed by atoms with E-state index in [2.05, 4.69) is 15.3 Å². The van der Waals surface area contributed by atoms with E-state index in [-0.39, 0.29) is 11.1 Å². The van der Waals surface area contributed by atoms with Gasteiger partial charge in [-0.15, -0.1) is 0 Å². The van der Waals surface area contributed by atoms with E-state index in [0.29, 0.717) is 46.4 Å². The fourth-order valence-corrected chi connectivity index (χ4v) is 3.17. The molecule has 1 N–H and O–H groups in total. The van der Waals surface area contributed by atoms with Crippen molar-refractivity contribution >= 4 is 34.0 Å². The monoisotopic (exact) mass is 440 g/mol. The van der Waals surface area contributed by atoms with Gasteiger partial charge in [0.1, 0.15) is 24.6 Å². The topological polar surface area (TPSA) is 78.3 Å². The molecule has 0 atom stereocenters. The van der Waals surface area contributed by atoms with E-state index in [4.69, 9.17) is 21.1 Å². The number of nitrogens with zero attached hydrogens (tertiary/aromatic N) is 3. The number of hydrogen-bond donors (Lipinski definition) is 1. The van der Waals surface area contributed by atoms with Gasteiger partial charge in [-0.2, -0.15) is 0 Å². The summed E-state index contributed by atoms with van der Waals surface area (Å²) < 4.78 is 27.4. The van der Waals surface area contributed by atoms with Gasteiger partial charge < -0.3 is 19.4 Å². The molecule has 0 aliphatic rings. The van der Waals surface area contributed by atoms with Gasteiger partial charge in [-0.25, -0.2) is 14.4 Å². The van der Waals surface area contributed by atoms with Crippen molar-refractivity contribution < 1.29 is 13.9 Å². The number of anilines is 2. The highest BCUT2D eigenvalue weighted by atomic mass is 35.5. The van der Waals surface area contributed by atoms with Crippen LogP contribution < -0.4 is 20.2 Å². The molecular weight excluding hydrogens is 423 g/mol. The normalized spacial score (nSPS) is 10.8. The quantitative estimate of drug-likeness (QED) is 0.458. The Morgan fingerprint density at radius 3 is 2.65 bits per heavy atom. The van der Waals surface area contributed by atoms with E-state index >= 15 is 0 Å². The van der Waals surface area contributed by atoms with E-state index in [1.165, 1.54) is 37.7 Å². The van der Waals surface area contributed by atoms with Crippen LogP contribution >= 0.6 is 11.6 Å². The lowest BCUT2D eigenvalue weighted by Crippen LogP contribution is -2.10. The molecule has 0 spiro atoms. The van der Waals surface area contributed by atoms with Crippen molar-refractivity contribution in [3.8, 4) is 11.5 Å². The van der Waals surface area contributed by atoms with Crippen molar-refractivity contribution in [3.05, 3.63) is 82.2 Å². The van der Waals surface area contributed by atoms with Crippen LogP contribution in [0, 0.1) is 5.82 Å². The molecule has 31 heavy (non-hydrogen) atoms. The summed E-state index contributed by atoms with van der Waals surface area (Å²) in [4.78, 5) is 19.7. The number of aromatic nitrogens is 3. The number of halogens is 2. The SMILES string of the molecule is COc1cc2c(Nc3ccc(Cl)cc3F)ncnc2cc1OCCn1ccc(=O)cc1. The molecule has 4 rings (SSSR count). The summed E-state index contributed by atoms with van der Waals surface area (Å²) in [5.74, 6) is 0.929. The Hall–Kier alpha value is -3.65. The largest absolute Gasteiger partial charge is 0.493 e. The highest BCUT2D eigenvalue weighted by Crippen LogP contribution is 2.35. The maximum Gasteiger partial charge on any atom is 0.181 e. The molecule has 0 unspecified atom stereocenters. The molecular formula is C22H18ClFN4O3. The molecule has 4 aromatic rings. The molecule has 0 radical (unpaired) electrons. The predicted molar refractivity (Wildman–Crippen MR) is 117 cm³/mol. The van der Waals surface area contributed by atoms with Crippen LogP contribution in [-0.2, 0) is 6.54 Å². The summed E-state index contributed by atoms with van der Waals surface area (Å²) in [6, 6.07) is 10.8. The van der Waals surface area contributed by atoms with Gasteiger partial charge in [-0.1, -0.05) is 11.6 Å². The highest BCUT2D eigenvalue weighted by molar-refractivity contribution is 6.30. The minimum absolute atomic E-state index is 0.0454. The Bertz CT molecular complexity index is 1280. The van der Waals surface area contributed by atoms with Gasteiger partial charge in [-0.3, -0.25) is 4.79 Å². The van der Waals surface area contributed by atoms with Crippen molar-refractivity contribution in [1.82, 2.24) is 14.5 Å². The number of methoxy groups -OCH3 is 1. The van der Waals surface area contributed by atoms with Gasteiger partial charge in [0.2, 0.25) is 0 Å². The van der Waals surface area contributed by atoms with E-state index < -0.39 is 5.82 Å². The zero-order valence-electron chi connectivity index (χ0n) is 16.5. The van der Waals surface area contributed by atoms with Crippen molar-refractivity contribution in [2.45, 2.75) is 6.54 Å². The van der Waals surface area contributed by atoms with E-state index in [1.807, 2.05) is 4.57 Å². The van der Waals surface area contributed by atoms with Crippen molar-refractivity contribution in [2.24, 2.45) is 0 Å². The lowest BCUT2D eigenvalue weighted by molar-refractivity contribution is 0.280. The van der Waals surface area contributed by atoms with Crippen molar-refractivity contribution in [1.29, 1.82) is 0 Å². The molecule has 0 saturated heterocycles. The summed E-state index contributed by atoms with van der Waals surface area (Å²) in [7, 11) is 1.53. The lowest BCUT2D eigenvalue weighted by Gasteiger charge is -2.14. The smallest absolute Gasteiger partial charge is 0.181 e. The first-order valence-electron chi connectivity index (χ1n) is 9.37. The molecule has 2 aromatic carbocycles. The second-order valence-corrected chi connectivity index (χ2v) is 7.05. The zero-order chi connectivity index (χ0) is 21.8. The van der Waals surface area contributed by atoms with Crippen LogP contribution in [0.1, 0.15) is 0 Å². The molecule has 0 fully saturated rings. The summed E-state index contributed by atoms with van der Waals surface area (Å²) in [5.41, 5.74) is 0.798. The average molecular weight is 441 g/mol. The summed E-state index contributed by atoms with van der Waals surface area (Å²) in [6.45, 7) is 0.908. The van der Waals surface area contributed by atoms with Crippen LogP contribution in [-0.4, -0.2) is 28.3 Å². The molecule has 0 amide bonds. The van der Waals surface area contributed by atoms with Crippen LogP contribution in [0.2, 0.25) is 5.02 Å². The number of hydrogen-bond acceptors (Lipinski definition) is 6. The molecule has 158 valence electrons. The molecule has 2 heterocycles. The number of benzene rings is 2. The van der Waals surface area contributed by atoms with Gasteiger partial charge in [0.15, 0.2) is 16.9 Å². The fourth-order valence-electron chi connectivity index (χ4n) is 3.01. The number of pyridine rings is 1. The molecule has 0 aliphatic carbocycles. The van der Waals surface area contributed by atoms with Gasteiger partial charge in [0.25, 0.3) is 0 Å². The van der Waals surface area contributed by atoms with Crippen molar-refractivity contribution in [2.75, 3.05) is 19.0 Å². The zero-order valence-corrected chi connectivity index (χ0v) is 17.3. The van der Waals surface area contributed by atoms with E-state index in [1.54, 1.807) is 30.6 Å². The highest BCUT2D eigenvalue weighted by Gasteiger charge is 2.13. The minimum Gasteiger partial charge on any atom is -0.493 e. The van der Waals surface area contributed by atoms with E-state index in [0.717, 1.165) is 0 Å². The number of nitrogens with one attached hydrogen (secondary N) is 1. The summed E-state index contributed by atoms with van der Waals surface area (Å²) in [5, 5.41) is 3.92. The maximum atomic E-state index is 14.2. The number of ether oxygens (including phenoxy) is 2. The first kappa shape index (κ1) is 20.6. The molecule has 7 nitrogen and oxygen atoms in total. The predicted octanol–water partition coefficient (Wildman–Crippen LogP) is 4.42. The Kier molecular flexibility index (Phi) is 5.99. The molecule has 0 aliphatic heterocycles. The van der Waals surface area contributed by atoms with Gasteiger partial charge in [0.05, 0.1) is 24.9 Å². The summed E-state index contributed by atoms with van der Waals surface area (Å²) in [6.07, 6.45) is 4.78. The third-order valence-electron chi connectivity index (χ3n) is 4.57. The minimum atomic E-state index is -0.492. The molecule has 0 bridgehead atoms. The lowest BCUT2D eigenvalue weighted by atomic mass is 10.2.